The minimum Gasteiger partial charge on any atom is -0.436 e. The molecule has 2 heterocycles. The van der Waals surface area contributed by atoms with Crippen LogP contribution in [0, 0.1) is 12.7 Å². The predicted octanol–water partition coefficient (Wildman–Crippen LogP) is 2.08. The van der Waals surface area contributed by atoms with Crippen molar-refractivity contribution in [2.45, 2.75) is 6.92 Å². The average molecular weight is 289 g/mol. The molecule has 1 amide bonds. The van der Waals surface area contributed by atoms with Gasteiger partial charge in [0, 0.05) is 33.1 Å². The van der Waals surface area contributed by atoms with Crippen LogP contribution in [-0.4, -0.2) is 42.0 Å². The van der Waals surface area contributed by atoms with Crippen LogP contribution in [0.3, 0.4) is 0 Å². The minimum atomic E-state index is -0.233. The minimum absolute atomic E-state index is 0.163. The van der Waals surface area contributed by atoms with Gasteiger partial charge in [-0.3, -0.25) is 4.79 Å². The van der Waals surface area contributed by atoms with Crippen molar-refractivity contribution in [2.75, 3.05) is 31.1 Å². The Morgan fingerprint density at radius 1 is 1.24 bits per heavy atom. The van der Waals surface area contributed by atoms with Crippen molar-refractivity contribution in [3.05, 3.63) is 47.9 Å². The summed E-state index contributed by atoms with van der Waals surface area (Å²) in [6, 6.07) is 6.69. The molecule has 21 heavy (non-hydrogen) atoms. The molecule has 0 aliphatic carbocycles. The van der Waals surface area contributed by atoms with E-state index >= 15 is 0 Å². The number of carbonyl (C=O) groups excluding carboxylic acids is 1. The smallest absolute Gasteiger partial charge is 0.291 e. The SMILES string of the molecule is Cc1ncc(C(=O)N2CCN(c3ccccc3F)CC2)o1. The number of aromatic nitrogens is 1. The van der Waals surface area contributed by atoms with Gasteiger partial charge >= 0.3 is 0 Å². The maximum atomic E-state index is 13.8. The number of anilines is 1. The van der Waals surface area contributed by atoms with Crippen molar-refractivity contribution < 1.29 is 13.6 Å². The van der Waals surface area contributed by atoms with E-state index in [-0.39, 0.29) is 17.5 Å². The summed E-state index contributed by atoms with van der Waals surface area (Å²) in [7, 11) is 0. The first-order valence-electron chi connectivity index (χ1n) is 6.86. The van der Waals surface area contributed by atoms with E-state index in [4.69, 9.17) is 4.42 Å². The Hall–Kier alpha value is -2.37. The molecule has 1 fully saturated rings. The second kappa shape index (κ2) is 5.55. The Morgan fingerprint density at radius 3 is 2.57 bits per heavy atom. The number of rotatable bonds is 2. The van der Waals surface area contributed by atoms with Crippen molar-refractivity contribution >= 4 is 11.6 Å². The van der Waals surface area contributed by atoms with Gasteiger partial charge in [0.25, 0.3) is 5.91 Å². The molecule has 2 aromatic rings. The van der Waals surface area contributed by atoms with E-state index in [1.807, 2.05) is 11.0 Å². The van der Waals surface area contributed by atoms with Crippen LogP contribution in [-0.2, 0) is 0 Å². The fraction of sp³-hybridized carbons (Fsp3) is 0.333. The molecule has 0 unspecified atom stereocenters. The molecule has 0 saturated carbocycles. The lowest BCUT2D eigenvalue weighted by atomic mass is 10.2. The number of oxazole rings is 1. The van der Waals surface area contributed by atoms with Crippen LogP contribution in [0.2, 0.25) is 0 Å². The van der Waals surface area contributed by atoms with E-state index < -0.39 is 0 Å². The van der Waals surface area contributed by atoms with Crippen molar-refractivity contribution in [1.29, 1.82) is 0 Å². The standard InChI is InChI=1S/C15H16FN3O2/c1-11-17-10-14(21-11)15(20)19-8-6-18(7-9-19)13-5-3-2-4-12(13)16/h2-5,10H,6-9H2,1H3. The Bertz CT molecular complexity index is 648. The number of nitrogens with zero attached hydrogens (tertiary/aromatic N) is 3. The normalized spacial score (nSPS) is 15.3. The lowest BCUT2D eigenvalue weighted by molar-refractivity contribution is 0.0713. The molecule has 6 heteroatoms. The van der Waals surface area contributed by atoms with Gasteiger partial charge in [0.15, 0.2) is 5.89 Å². The average Bonchev–Trinajstić information content (AvgIpc) is 2.94. The van der Waals surface area contributed by atoms with Crippen LogP contribution in [0.4, 0.5) is 10.1 Å². The molecule has 3 rings (SSSR count). The third-order valence-corrected chi connectivity index (χ3v) is 3.59. The van der Waals surface area contributed by atoms with Gasteiger partial charge in [-0.1, -0.05) is 12.1 Å². The maximum absolute atomic E-state index is 13.8. The first kappa shape index (κ1) is 13.6. The van der Waals surface area contributed by atoms with Crippen LogP contribution in [0.1, 0.15) is 16.4 Å². The number of hydrogen-bond acceptors (Lipinski definition) is 4. The third-order valence-electron chi connectivity index (χ3n) is 3.59. The van der Waals surface area contributed by atoms with Crippen molar-refractivity contribution in [3.8, 4) is 0 Å². The molecule has 1 saturated heterocycles. The summed E-state index contributed by atoms with van der Waals surface area (Å²) >= 11 is 0. The Kier molecular flexibility index (Phi) is 3.60. The van der Waals surface area contributed by atoms with E-state index in [0.29, 0.717) is 37.8 Å². The molecule has 110 valence electrons. The number of piperazine rings is 1. The topological polar surface area (TPSA) is 49.6 Å². The second-order valence-corrected chi connectivity index (χ2v) is 4.97. The van der Waals surface area contributed by atoms with Gasteiger partial charge in [-0.15, -0.1) is 0 Å². The van der Waals surface area contributed by atoms with E-state index in [0.717, 1.165) is 0 Å². The first-order valence-corrected chi connectivity index (χ1v) is 6.86. The highest BCUT2D eigenvalue weighted by atomic mass is 19.1. The van der Waals surface area contributed by atoms with E-state index in [1.165, 1.54) is 12.3 Å². The number of hydrogen-bond donors (Lipinski definition) is 0. The van der Waals surface area contributed by atoms with Crippen LogP contribution >= 0.6 is 0 Å². The first-order chi connectivity index (χ1) is 10.1. The number of amides is 1. The monoisotopic (exact) mass is 289 g/mol. The summed E-state index contributed by atoms with van der Waals surface area (Å²) in [5.74, 6) is 0.335. The van der Waals surface area contributed by atoms with Gasteiger partial charge < -0.3 is 14.2 Å². The summed E-state index contributed by atoms with van der Waals surface area (Å²) in [5, 5.41) is 0. The highest BCUT2D eigenvalue weighted by Crippen LogP contribution is 2.20. The van der Waals surface area contributed by atoms with E-state index in [2.05, 4.69) is 4.98 Å². The number of para-hydroxylation sites is 1. The third kappa shape index (κ3) is 2.74. The molecule has 0 N–H and O–H groups in total. The van der Waals surface area contributed by atoms with Crippen LogP contribution in [0.15, 0.2) is 34.9 Å². The summed E-state index contributed by atoms with van der Waals surface area (Å²) in [5.41, 5.74) is 0.583. The number of halogens is 1. The summed E-state index contributed by atoms with van der Waals surface area (Å²) < 4.78 is 19.0. The van der Waals surface area contributed by atoms with E-state index in [1.54, 1.807) is 24.0 Å². The molecule has 0 bridgehead atoms. The zero-order valence-electron chi connectivity index (χ0n) is 11.8. The van der Waals surface area contributed by atoms with Gasteiger partial charge in [-0.2, -0.15) is 0 Å². The fourth-order valence-corrected chi connectivity index (χ4v) is 2.47. The molecular weight excluding hydrogens is 273 g/mol. The van der Waals surface area contributed by atoms with Crippen LogP contribution in [0.25, 0.3) is 0 Å². The maximum Gasteiger partial charge on any atom is 0.291 e. The molecule has 1 aromatic carbocycles. The van der Waals surface area contributed by atoms with Crippen molar-refractivity contribution in [3.63, 3.8) is 0 Å². The van der Waals surface area contributed by atoms with Gasteiger partial charge in [0.05, 0.1) is 11.9 Å². The number of aryl methyl sites for hydroxylation is 1. The Morgan fingerprint density at radius 2 is 1.95 bits per heavy atom. The van der Waals surface area contributed by atoms with Gasteiger partial charge in [0.2, 0.25) is 5.76 Å². The molecule has 0 radical (unpaired) electrons. The van der Waals surface area contributed by atoms with Crippen LogP contribution in [0.5, 0.6) is 0 Å². The molecule has 5 nitrogen and oxygen atoms in total. The lowest BCUT2D eigenvalue weighted by Gasteiger charge is -2.35. The zero-order chi connectivity index (χ0) is 14.8. The highest BCUT2D eigenvalue weighted by molar-refractivity contribution is 5.91. The molecule has 0 spiro atoms. The summed E-state index contributed by atoms with van der Waals surface area (Å²) in [4.78, 5) is 19.8. The molecule has 1 aromatic heterocycles. The Balaban J connectivity index is 1.65. The lowest BCUT2D eigenvalue weighted by Crippen LogP contribution is -2.49. The molecule has 0 atom stereocenters. The van der Waals surface area contributed by atoms with Crippen molar-refractivity contribution in [1.82, 2.24) is 9.88 Å². The number of carbonyl (C=O) groups is 1. The fourth-order valence-electron chi connectivity index (χ4n) is 2.47. The van der Waals surface area contributed by atoms with E-state index in [9.17, 15) is 9.18 Å². The van der Waals surface area contributed by atoms with Crippen molar-refractivity contribution in [2.24, 2.45) is 0 Å². The molecule has 1 aliphatic heterocycles. The van der Waals surface area contributed by atoms with Crippen LogP contribution < -0.4 is 4.90 Å². The van der Waals surface area contributed by atoms with Gasteiger partial charge in [0.1, 0.15) is 5.82 Å². The predicted molar refractivity (Wildman–Crippen MR) is 75.8 cm³/mol. The zero-order valence-corrected chi connectivity index (χ0v) is 11.8. The summed E-state index contributed by atoms with van der Waals surface area (Å²) in [6.45, 7) is 3.96. The largest absolute Gasteiger partial charge is 0.436 e. The Labute approximate surface area is 122 Å². The second-order valence-electron chi connectivity index (χ2n) is 4.97. The molecule has 1 aliphatic rings. The van der Waals surface area contributed by atoms with Gasteiger partial charge in [-0.25, -0.2) is 9.37 Å². The summed E-state index contributed by atoms with van der Waals surface area (Å²) in [6.07, 6.45) is 1.45. The molecular formula is C15H16FN3O2. The number of benzene rings is 1. The highest BCUT2D eigenvalue weighted by Gasteiger charge is 2.25. The van der Waals surface area contributed by atoms with Gasteiger partial charge in [-0.05, 0) is 12.1 Å². The quantitative estimate of drug-likeness (QED) is 0.849.